The molecule has 0 spiro atoms. The Morgan fingerprint density at radius 1 is 1.69 bits per heavy atom. The van der Waals surface area contributed by atoms with Crippen LogP contribution in [0.4, 0.5) is 0 Å². The van der Waals surface area contributed by atoms with Gasteiger partial charge in [0.25, 0.3) is 5.91 Å². The number of nitrogens with two attached hydrogens (primary N) is 1. The summed E-state index contributed by atoms with van der Waals surface area (Å²) in [4.78, 5) is 14.6. The van der Waals surface area contributed by atoms with E-state index in [1.54, 1.807) is 23.5 Å². The molecule has 0 saturated heterocycles. The lowest BCUT2D eigenvalue weighted by Crippen LogP contribution is -2.37. The van der Waals surface area contributed by atoms with Gasteiger partial charge in [0.05, 0.1) is 23.5 Å². The zero-order chi connectivity index (χ0) is 12.1. The predicted molar refractivity (Wildman–Crippen MR) is 69.2 cm³/mol. The monoisotopic (exact) mass is 258 g/mol. The van der Waals surface area contributed by atoms with Crippen LogP contribution in [0.1, 0.15) is 16.6 Å². The number of amides is 1. The van der Waals surface area contributed by atoms with Gasteiger partial charge in [-0.1, -0.05) is 12.2 Å². The number of hydrogen-bond donors (Lipinski definition) is 1. The molecule has 2 N–H and O–H groups in total. The van der Waals surface area contributed by atoms with Gasteiger partial charge in [0, 0.05) is 18.0 Å². The van der Waals surface area contributed by atoms with Crippen LogP contribution in [0.5, 0.6) is 5.75 Å². The van der Waals surface area contributed by atoms with Gasteiger partial charge in [0.2, 0.25) is 0 Å². The van der Waals surface area contributed by atoms with Crippen molar-refractivity contribution >= 4 is 34.5 Å². The molecule has 1 aromatic rings. The maximum Gasteiger partial charge on any atom is 0.264 e. The van der Waals surface area contributed by atoms with Crippen molar-refractivity contribution in [2.75, 3.05) is 20.2 Å². The largest absolute Gasteiger partial charge is 0.496 e. The Balaban J connectivity index is 2.78. The van der Waals surface area contributed by atoms with E-state index in [0.717, 1.165) is 0 Å². The van der Waals surface area contributed by atoms with Gasteiger partial charge in [0.15, 0.2) is 0 Å². The highest BCUT2D eigenvalue weighted by Crippen LogP contribution is 2.22. The number of hydrogen-bond acceptors (Lipinski definition) is 4. The molecule has 0 radical (unpaired) electrons. The van der Waals surface area contributed by atoms with Gasteiger partial charge in [-0.05, 0) is 6.92 Å². The van der Waals surface area contributed by atoms with Gasteiger partial charge in [-0.2, -0.15) is 0 Å². The molecule has 0 aliphatic carbocycles. The van der Waals surface area contributed by atoms with Gasteiger partial charge in [-0.25, -0.2) is 0 Å². The van der Waals surface area contributed by atoms with E-state index in [-0.39, 0.29) is 5.91 Å². The number of likely N-dealkylation sites (N-methyl/N-ethyl adjacent to an activating group) is 1. The molecule has 0 aliphatic heterocycles. The summed E-state index contributed by atoms with van der Waals surface area (Å²) in [5.41, 5.74) is 5.43. The first-order valence-corrected chi connectivity index (χ1v) is 6.07. The second kappa shape index (κ2) is 5.81. The standard InChI is InChI=1S/C10H14N2O2S2/c1-3-12(5-9(11)15)10(13)8-4-7(14-2)6-16-8/h4,6H,3,5H2,1-2H3,(H2,11,15). The summed E-state index contributed by atoms with van der Waals surface area (Å²) in [6, 6.07) is 1.72. The molecule has 4 nitrogen and oxygen atoms in total. The summed E-state index contributed by atoms with van der Waals surface area (Å²) in [5.74, 6) is 0.628. The van der Waals surface area contributed by atoms with Gasteiger partial charge < -0.3 is 15.4 Å². The quantitative estimate of drug-likeness (QED) is 0.813. The molecule has 0 unspecified atom stereocenters. The first-order valence-electron chi connectivity index (χ1n) is 4.78. The molecule has 0 atom stereocenters. The Morgan fingerprint density at radius 3 is 2.81 bits per heavy atom. The average Bonchev–Trinajstić information content (AvgIpc) is 2.73. The molecule has 1 amide bonds. The fraction of sp³-hybridized carbons (Fsp3) is 0.400. The van der Waals surface area contributed by atoms with Crippen LogP contribution in [0.25, 0.3) is 0 Å². The van der Waals surface area contributed by atoms with Crippen molar-refractivity contribution in [1.29, 1.82) is 0 Å². The summed E-state index contributed by atoms with van der Waals surface area (Å²) < 4.78 is 5.03. The highest BCUT2D eigenvalue weighted by Gasteiger charge is 2.16. The molecule has 1 aromatic heterocycles. The molecule has 0 saturated carbocycles. The van der Waals surface area contributed by atoms with Crippen molar-refractivity contribution < 1.29 is 9.53 Å². The van der Waals surface area contributed by atoms with E-state index in [2.05, 4.69) is 0 Å². The third-order valence-corrected chi connectivity index (χ3v) is 3.06. The van der Waals surface area contributed by atoms with E-state index in [1.807, 2.05) is 6.92 Å². The Morgan fingerprint density at radius 2 is 2.38 bits per heavy atom. The molecule has 0 bridgehead atoms. The van der Waals surface area contributed by atoms with Crippen LogP contribution in [-0.2, 0) is 0 Å². The van der Waals surface area contributed by atoms with Gasteiger partial charge >= 0.3 is 0 Å². The van der Waals surface area contributed by atoms with E-state index in [0.29, 0.717) is 28.7 Å². The molecule has 6 heteroatoms. The van der Waals surface area contributed by atoms with Crippen molar-refractivity contribution in [2.24, 2.45) is 5.73 Å². The zero-order valence-corrected chi connectivity index (χ0v) is 10.9. The second-order valence-electron chi connectivity index (χ2n) is 3.14. The molecule has 0 aromatic carbocycles. The summed E-state index contributed by atoms with van der Waals surface area (Å²) in [7, 11) is 1.57. The number of nitrogens with zero attached hydrogens (tertiary/aromatic N) is 1. The number of carbonyl (C=O) groups is 1. The zero-order valence-electron chi connectivity index (χ0n) is 9.23. The van der Waals surface area contributed by atoms with Gasteiger partial charge in [-0.3, -0.25) is 4.79 Å². The maximum absolute atomic E-state index is 12.0. The minimum absolute atomic E-state index is 0.0661. The first kappa shape index (κ1) is 12.9. The van der Waals surface area contributed by atoms with Crippen LogP contribution in [0.15, 0.2) is 11.4 Å². The van der Waals surface area contributed by atoms with E-state index >= 15 is 0 Å². The molecule has 1 heterocycles. The predicted octanol–water partition coefficient (Wildman–Crippen LogP) is 1.50. The summed E-state index contributed by atoms with van der Waals surface area (Å²) in [6.45, 7) is 2.78. The van der Waals surface area contributed by atoms with Crippen molar-refractivity contribution in [3.63, 3.8) is 0 Å². The second-order valence-corrected chi connectivity index (χ2v) is 4.57. The topological polar surface area (TPSA) is 55.6 Å². The van der Waals surface area contributed by atoms with Crippen LogP contribution in [0.3, 0.4) is 0 Å². The van der Waals surface area contributed by atoms with Crippen molar-refractivity contribution in [1.82, 2.24) is 4.90 Å². The number of carbonyl (C=O) groups excluding carboxylic acids is 1. The molecule has 16 heavy (non-hydrogen) atoms. The van der Waals surface area contributed by atoms with Crippen molar-refractivity contribution in [2.45, 2.75) is 6.92 Å². The average molecular weight is 258 g/mol. The lowest BCUT2D eigenvalue weighted by molar-refractivity contribution is 0.0792. The third kappa shape index (κ3) is 3.18. The molecular formula is C10H14N2O2S2. The Hall–Kier alpha value is -1.14. The highest BCUT2D eigenvalue weighted by molar-refractivity contribution is 7.80. The molecular weight excluding hydrogens is 244 g/mol. The van der Waals surface area contributed by atoms with Crippen LogP contribution >= 0.6 is 23.6 Å². The van der Waals surface area contributed by atoms with Crippen LogP contribution < -0.4 is 10.5 Å². The highest BCUT2D eigenvalue weighted by atomic mass is 32.1. The smallest absolute Gasteiger partial charge is 0.264 e. The Bertz CT molecular complexity index is 390. The van der Waals surface area contributed by atoms with E-state index < -0.39 is 0 Å². The fourth-order valence-electron chi connectivity index (χ4n) is 1.21. The van der Waals surface area contributed by atoms with E-state index in [4.69, 9.17) is 22.7 Å². The normalized spacial score (nSPS) is 9.88. The van der Waals surface area contributed by atoms with E-state index in [1.165, 1.54) is 11.3 Å². The number of thiocarbonyl (C=S) groups is 1. The molecule has 1 rings (SSSR count). The number of rotatable bonds is 5. The third-order valence-electron chi connectivity index (χ3n) is 2.04. The maximum atomic E-state index is 12.0. The minimum Gasteiger partial charge on any atom is -0.496 e. The van der Waals surface area contributed by atoms with Gasteiger partial charge in [0.1, 0.15) is 5.75 Å². The van der Waals surface area contributed by atoms with Crippen molar-refractivity contribution in [3.05, 3.63) is 16.3 Å². The Labute approximate surface area is 104 Å². The first-order chi connectivity index (χ1) is 7.58. The number of methoxy groups -OCH3 is 1. The fourth-order valence-corrected chi connectivity index (χ4v) is 2.19. The van der Waals surface area contributed by atoms with E-state index in [9.17, 15) is 4.79 Å². The molecule has 88 valence electrons. The number of ether oxygens (including phenoxy) is 1. The van der Waals surface area contributed by atoms with Crippen molar-refractivity contribution in [3.8, 4) is 5.75 Å². The lowest BCUT2D eigenvalue weighted by Gasteiger charge is -2.18. The summed E-state index contributed by atoms with van der Waals surface area (Å²) in [5, 5.41) is 1.79. The van der Waals surface area contributed by atoms with Crippen LogP contribution in [0, 0.1) is 0 Å². The summed E-state index contributed by atoms with van der Waals surface area (Å²) in [6.07, 6.45) is 0. The Kier molecular flexibility index (Phi) is 4.70. The minimum atomic E-state index is -0.0661. The SMILES string of the molecule is CCN(CC(N)=S)C(=O)c1cc(OC)cs1. The van der Waals surface area contributed by atoms with Crippen LogP contribution in [0.2, 0.25) is 0 Å². The van der Waals surface area contributed by atoms with Gasteiger partial charge in [-0.15, -0.1) is 11.3 Å². The lowest BCUT2D eigenvalue weighted by atomic mass is 10.3. The molecule has 0 fully saturated rings. The summed E-state index contributed by atoms with van der Waals surface area (Å²) >= 11 is 6.15. The molecule has 0 aliphatic rings. The number of thiophene rings is 1. The van der Waals surface area contributed by atoms with Crippen LogP contribution in [-0.4, -0.2) is 36.0 Å².